The lowest BCUT2D eigenvalue weighted by atomic mass is 9.51. The highest BCUT2D eigenvalue weighted by molar-refractivity contribution is 5.81. The average molecular weight is 256 g/mol. The van der Waals surface area contributed by atoms with E-state index in [2.05, 4.69) is 0 Å². The van der Waals surface area contributed by atoms with Crippen LogP contribution in [0.1, 0.15) is 19.8 Å². The van der Waals surface area contributed by atoms with Crippen LogP contribution >= 0.6 is 0 Å². The van der Waals surface area contributed by atoms with E-state index < -0.39 is 22.9 Å². The number of methoxy groups -OCH3 is 1. The topological polar surface area (TPSA) is 121 Å². The second-order valence-corrected chi connectivity index (χ2v) is 4.53. The van der Waals surface area contributed by atoms with Crippen molar-refractivity contribution in [3.8, 4) is 24.3 Å². The summed E-state index contributed by atoms with van der Waals surface area (Å²) in [4.78, 5) is 11.7. The molecule has 19 heavy (non-hydrogen) atoms. The summed E-state index contributed by atoms with van der Waals surface area (Å²) in [5.41, 5.74) is -3.96. The van der Waals surface area contributed by atoms with Crippen LogP contribution in [-0.2, 0) is 9.53 Å². The number of nitriles is 4. The third-order valence-corrected chi connectivity index (χ3v) is 3.83. The van der Waals surface area contributed by atoms with E-state index in [0.29, 0.717) is 0 Å². The molecule has 1 rings (SSSR count). The first-order chi connectivity index (χ1) is 8.99. The van der Waals surface area contributed by atoms with Gasteiger partial charge in [-0.3, -0.25) is 4.79 Å². The Morgan fingerprint density at radius 2 is 1.53 bits per heavy atom. The van der Waals surface area contributed by atoms with Crippen LogP contribution in [0, 0.1) is 62.1 Å². The van der Waals surface area contributed by atoms with Crippen molar-refractivity contribution in [2.24, 2.45) is 16.7 Å². The van der Waals surface area contributed by atoms with E-state index >= 15 is 0 Å². The molecule has 1 aliphatic rings. The predicted molar refractivity (Wildman–Crippen MR) is 61.5 cm³/mol. The molecule has 0 radical (unpaired) electrons. The lowest BCUT2D eigenvalue weighted by Crippen LogP contribution is -2.56. The summed E-state index contributed by atoms with van der Waals surface area (Å²) >= 11 is 0. The molecule has 6 nitrogen and oxygen atoms in total. The Balaban J connectivity index is 3.64. The van der Waals surface area contributed by atoms with Gasteiger partial charge in [-0.25, -0.2) is 0 Å². The number of Topliss-reactive ketones (excluding diaryl/α,β-unsaturated/α-hetero) is 1. The SMILES string of the molecule is CO[C@H]1CC[C@@H](C(C)=O)C(C#N)(C#N)C1(C#N)C#N. The van der Waals surface area contributed by atoms with E-state index in [9.17, 15) is 25.8 Å². The fraction of sp³-hybridized carbons (Fsp3) is 0.615. The van der Waals surface area contributed by atoms with Crippen LogP contribution in [0.15, 0.2) is 0 Å². The first kappa shape index (κ1) is 14.7. The summed E-state index contributed by atoms with van der Waals surface area (Å²) in [5, 5.41) is 37.5. The monoisotopic (exact) mass is 256 g/mol. The number of hydrogen-bond acceptors (Lipinski definition) is 6. The maximum absolute atomic E-state index is 11.7. The van der Waals surface area contributed by atoms with Gasteiger partial charge in [0.15, 0.2) is 5.41 Å². The molecule has 2 atom stereocenters. The lowest BCUT2D eigenvalue weighted by molar-refractivity contribution is -0.130. The van der Waals surface area contributed by atoms with Crippen molar-refractivity contribution in [2.45, 2.75) is 25.9 Å². The van der Waals surface area contributed by atoms with Crippen LogP contribution in [0.2, 0.25) is 0 Å². The molecular weight excluding hydrogens is 244 g/mol. The van der Waals surface area contributed by atoms with Crippen molar-refractivity contribution in [1.82, 2.24) is 0 Å². The molecule has 0 bridgehead atoms. The fourth-order valence-corrected chi connectivity index (χ4v) is 2.79. The molecule has 0 saturated heterocycles. The Labute approximate surface area is 111 Å². The minimum Gasteiger partial charge on any atom is -0.379 e. The van der Waals surface area contributed by atoms with Crippen LogP contribution in [-0.4, -0.2) is 19.0 Å². The van der Waals surface area contributed by atoms with Crippen molar-refractivity contribution in [3.05, 3.63) is 0 Å². The zero-order chi connectivity index (χ0) is 14.7. The molecule has 0 amide bonds. The van der Waals surface area contributed by atoms with Gasteiger partial charge in [-0.1, -0.05) is 0 Å². The minimum atomic E-state index is -2.00. The van der Waals surface area contributed by atoms with Gasteiger partial charge in [-0.2, -0.15) is 21.0 Å². The van der Waals surface area contributed by atoms with Crippen LogP contribution in [0.4, 0.5) is 0 Å². The smallest absolute Gasteiger partial charge is 0.201 e. The van der Waals surface area contributed by atoms with Crippen molar-refractivity contribution >= 4 is 5.78 Å². The maximum Gasteiger partial charge on any atom is 0.201 e. The molecule has 0 N–H and O–H groups in total. The van der Waals surface area contributed by atoms with E-state index in [1.54, 1.807) is 24.3 Å². The summed E-state index contributed by atoms with van der Waals surface area (Å²) in [6, 6.07) is 7.02. The second kappa shape index (κ2) is 5.07. The molecule has 0 spiro atoms. The Bertz CT molecular complexity index is 527. The minimum absolute atomic E-state index is 0.250. The Kier molecular flexibility index (Phi) is 3.91. The standard InChI is InChI=1S/C13H12N4O2/c1-9(18)10-3-4-11(19-2)13(7-16,8-17)12(10,5-14)6-15/h10-11H,3-4H2,1-2H3/t10-,11-/m0/s1. The average Bonchev–Trinajstić information content (AvgIpc) is 2.44. The van der Waals surface area contributed by atoms with Crippen LogP contribution < -0.4 is 0 Å². The highest BCUT2D eigenvalue weighted by atomic mass is 16.5. The van der Waals surface area contributed by atoms with Gasteiger partial charge in [0.1, 0.15) is 5.78 Å². The fourth-order valence-electron chi connectivity index (χ4n) is 2.79. The summed E-state index contributed by atoms with van der Waals surface area (Å²) < 4.78 is 5.12. The van der Waals surface area contributed by atoms with Gasteiger partial charge in [0.25, 0.3) is 0 Å². The molecule has 6 heteroatoms. The summed E-state index contributed by atoms with van der Waals surface area (Å²) in [7, 11) is 1.32. The molecule has 1 fully saturated rings. The van der Waals surface area contributed by atoms with Gasteiger partial charge < -0.3 is 4.74 Å². The van der Waals surface area contributed by atoms with Gasteiger partial charge in [0.2, 0.25) is 5.41 Å². The van der Waals surface area contributed by atoms with Crippen molar-refractivity contribution in [2.75, 3.05) is 7.11 Å². The van der Waals surface area contributed by atoms with Crippen molar-refractivity contribution in [1.29, 1.82) is 21.0 Å². The van der Waals surface area contributed by atoms with Crippen molar-refractivity contribution in [3.63, 3.8) is 0 Å². The maximum atomic E-state index is 11.7. The van der Waals surface area contributed by atoms with Gasteiger partial charge >= 0.3 is 0 Å². The van der Waals surface area contributed by atoms with E-state index in [4.69, 9.17) is 4.74 Å². The summed E-state index contributed by atoms with van der Waals surface area (Å²) in [6.07, 6.45) is -0.329. The molecule has 0 aromatic carbocycles. The van der Waals surface area contributed by atoms with Gasteiger partial charge in [-0.05, 0) is 19.8 Å². The number of rotatable bonds is 2. The number of carbonyl (C=O) groups excluding carboxylic acids is 1. The van der Waals surface area contributed by atoms with Gasteiger partial charge in [0, 0.05) is 7.11 Å². The zero-order valence-corrected chi connectivity index (χ0v) is 10.7. The van der Waals surface area contributed by atoms with E-state index in [-0.39, 0.29) is 18.6 Å². The normalized spacial score (nSPS) is 27.1. The summed E-state index contributed by atoms with van der Waals surface area (Å²) in [5.74, 6) is -1.32. The molecule has 0 aliphatic heterocycles. The molecule has 1 saturated carbocycles. The number of ether oxygens (including phenoxy) is 1. The highest BCUT2D eigenvalue weighted by Gasteiger charge is 2.66. The van der Waals surface area contributed by atoms with Crippen molar-refractivity contribution < 1.29 is 9.53 Å². The molecular formula is C13H12N4O2. The molecule has 0 heterocycles. The molecule has 0 unspecified atom stereocenters. The quantitative estimate of drug-likeness (QED) is 0.728. The van der Waals surface area contributed by atoms with E-state index in [0.717, 1.165) is 0 Å². The third kappa shape index (κ3) is 1.66. The predicted octanol–water partition coefficient (Wildman–Crippen LogP) is 1.07. The first-order valence-electron chi connectivity index (χ1n) is 5.68. The van der Waals surface area contributed by atoms with Gasteiger partial charge in [-0.15, -0.1) is 0 Å². The van der Waals surface area contributed by atoms with E-state index in [1.165, 1.54) is 14.0 Å². The Morgan fingerprint density at radius 3 is 1.84 bits per heavy atom. The van der Waals surface area contributed by atoms with Gasteiger partial charge in [0.05, 0.1) is 36.3 Å². The number of hydrogen-bond donors (Lipinski definition) is 0. The largest absolute Gasteiger partial charge is 0.379 e. The highest BCUT2D eigenvalue weighted by Crippen LogP contribution is 2.54. The molecule has 0 aromatic heterocycles. The third-order valence-electron chi connectivity index (χ3n) is 3.83. The summed E-state index contributed by atoms with van der Waals surface area (Å²) in [6.45, 7) is 1.26. The zero-order valence-electron chi connectivity index (χ0n) is 10.7. The second-order valence-electron chi connectivity index (χ2n) is 4.53. The van der Waals surface area contributed by atoms with E-state index in [1.807, 2.05) is 0 Å². The lowest BCUT2D eigenvalue weighted by Gasteiger charge is -2.44. The van der Waals surface area contributed by atoms with Crippen LogP contribution in [0.5, 0.6) is 0 Å². The number of ketones is 1. The van der Waals surface area contributed by atoms with Crippen LogP contribution in [0.3, 0.4) is 0 Å². The first-order valence-corrected chi connectivity index (χ1v) is 5.68. The number of nitrogens with zero attached hydrogens (tertiary/aromatic N) is 4. The molecule has 96 valence electrons. The molecule has 1 aliphatic carbocycles. The van der Waals surface area contributed by atoms with Crippen LogP contribution in [0.25, 0.3) is 0 Å². The number of carbonyl (C=O) groups is 1. The Hall–Kier alpha value is -2.41. The Morgan fingerprint density at radius 1 is 1.05 bits per heavy atom. The molecule has 0 aromatic rings.